The van der Waals surface area contributed by atoms with Crippen molar-refractivity contribution in [2.45, 2.75) is 25.4 Å². The van der Waals surface area contributed by atoms with Crippen molar-refractivity contribution in [1.82, 2.24) is 19.6 Å². The zero-order chi connectivity index (χ0) is 20.9. The molecule has 0 bridgehead atoms. The monoisotopic (exact) mass is 447 g/mol. The number of thioether (sulfide) groups is 1. The molecule has 1 unspecified atom stereocenters. The van der Waals surface area contributed by atoms with Crippen molar-refractivity contribution in [1.29, 1.82) is 0 Å². The van der Waals surface area contributed by atoms with Crippen molar-refractivity contribution in [3.63, 3.8) is 0 Å². The fourth-order valence-corrected chi connectivity index (χ4v) is 5.11. The Labute approximate surface area is 185 Å². The molecule has 7 nitrogen and oxygen atoms in total. The molecule has 1 N–H and O–H groups in total. The average molecular weight is 448 g/mol. The molecule has 30 heavy (non-hydrogen) atoms. The third-order valence-corrected chi connectivity index (χ3v) is 6.89. The van der Waals surface area contributed by atoms with Crippen LogP contribution in [-0.4, -0.2) is 75.1 Å². The van der Waals surface area contributed by atoms with E-state index in [-0.39, 0.29) is 24.4 Å². The molecule has 160 valence electrons. The van der Waals surface area contributed by atoms with Crippen LogP contribution in [0.3, 0.4) is 0 Å². The fraction of sp³-hybridized carbons (Fsp3) is 0.476. The van der Waals surface area contributed by atoms with E-state index in [4.69, 9.17) is 11.6 Å². The molecule has 3 heterocycles. The van der Waals surface area contributed by atoms with Crippen LogP contribution in [0.25, 0.3) is 0 Å². The largest absolute Gasteiger partial charge is 0.340 e. The molecule has 1 atom stereocenters. The van der Waals surface area contributed by atoms with E-state index in [1.807, 2.05) is 45.8 Å². The van der Waals surface area contributed by atoms with Gasteiger partial charge < -0.3 is 10.2 Å². The Morgan fingerprint density at radius 3 is 2.77 bits per heavy atom. The topological polar surface area (TPSA) is 70.5 Å². The maximum absolute atomic E-state index is 12.9. The van der Waals surface area contributed by atoms with Gasteiger partial charge in [-0.3, -0.25) is 14.5 Å². The normalized spacial score (nSPS) is 19.8. The smallest absolute Gasteiger partial charge is 0.239 e. The summed E-state index contributed by atoms with van der Waals surface area (Å²) in [6, 6.07) is 9.17. The summed E-state index contributed by atoms with van der Waals surface area (Å²) in [5.41, 5.74) is 0.934. The van der Waals surface area contributed by atoms with E-state index in [1.54, 1.807) is 16.9 Å². The number of hydrogen-bond acceptors (Lipinski definition) is 5. The molecule has 0 aliphatic carbocycles. The van der Waals surface area contributed by atoms with Gasteiger partial charge in [-0.25, -0.2) is 4.68 Å². The molecular weight excluding hydrogens is 422 g/mol. The molecular formula is C21H26ClN5O2S. The number of nitrogens with one attached hydrogen (secondary N) is 1. The molecule has 2 aliphatic heterocycles. The second-order valence-electron chi connectivity index (χ2n) is 7.58. The van der Waals surface area contributed by atoms with Gasteiger partial charge in [0, 0.05) is 35.7 Å². The lowest BCUT2D eigenvalue weighted by molar-refractivity contribution is -0.136. The van der Waals surface area contributed by atoms with Gasteiger partial charge in [-0.15, -0.1) is 0 Å². The van der Waals surface area contributed by atoms with E-state index < -0.39 is 0 Å². The SMILES string of the molecule is O=C(CN1CCCC1C(=O)N1CCSCC1)Nc1ccnn1Cc1ccccc1Cl. The summed E-state index contributed by atoms with van der Waals surface area (Å²) in [5.74, 6) is 2.65. The van der Waals surface area contributed by atoms with Crippen molar-refractivity contribution < 1.29 is 9.59 Å². The van der Waals surface area contributed by atoms with E-state index >= 15 is 0 Å². The highest BCUT2D eigenvalue weighted by molar-refractivity contribution is 7.99. The Balaban J connectivity index is 1.36. The average Bonchev–Trinajstić information content (AvgIpc) is 3.39. The maximum Gasteiger partial charge on any atom is 0.239 e. The van der Waals surface area contributed by atoms with Gasteiger partial charge in [0.05, 0.1) is 25.3 Å². The summed E-state index contributed by atoms with van der Waals surface area (Å²) in [4.78, 5) is 29.6. The number of amides is 2. The van der Waals surface area contributed by atoms with Crippen LogP contribution >= 0.6 is 23.4 Å². The van der Waals surface area contributed by atoms with Crippen LogP contribution < -0.4 is 5.32 Å². The first-order valence-electron chi connectivity index (χ1n) is 10.3. The first-order chi connectivity index (χ1) is 14.6. The summed E-state index contributed by atoms with van der Waals surface area (Å²) in [6.45, 7) is 3.06. The molecule has 2 fully saturated rings. The fourth-order valence-electron chi connectivity index (χ4n) is 4.01. The van der Waals surface area contributed by atoms with Crippen LogP contribution in [0, 0.1) is 0 Å². The van der Waals surface area contributed by atoms with Crippen molar-refractivity contribution in [3.05, 3.63) is 47.1 Å². The summed E-state index contributed by atoms with van der Waals surface area (Å²) >= 11 is 8.14. The lowest BCUT2D eigenvalue weighted by Gasteiger charge is -2.32. The number of benzene rings is 1. The van der Waals surface area contributed by atoms with Crippen molar-refractivity contribution in [2.24, 2.45) is 0 Å². The molecule has 2 aromatic rings. The zero-order valence-electron chi connectivity index (χ0n) is 16.8. The van der Waals surface area contributed by atoms with E-state index in [1.165, 1.54) is 0 Å². The van der Waals surface area contributed by atoms with Crippen molar-refractivity contribution >= 4 is 41.0 Å². The molecule has 4 rings (SSSR count). The lowest BCUT2D eigenvalue weighted by atomic mass is 10.2. The van der Waals surface area contributed by atoms with E-state index in [9.17, 15) is 9.59 Å². The number of halogens is 1. The maximum atomic E-state index is 12.9. The van der Waals surface area contributed by atoms with E-state index in [0.717, 1.165) is 49.5 Å². The molecule has 1 aromatic carbocycles. The highest BCUT2D eigenvalue weighted by Crippen LogP contribution is 2.22. The quantitative estimate of drug-likeness (QED) is 0.737. The summed E-state index contributed by atoms with van der Waals surface area (Å²) in [7, 11) is 0. The lowest BCUT2D eigenvalue weighted by Crippen LogP contribution is -2.50. The number of likely N-dealkylation sites (tertiary alicyclic amines) is 1. The Morgan fingerprint density at radius 1 is 1.17 bits per heavy atom. The standard InChI is InChI=1S/C21H26ClN5O2S/c22-17-5-2-1-4-16(17)14-27-19(7-8-23-27)24-20(28)15-26-9-3-6-18(26)21(29)25-10-12-30-13-11-25/h1-2,4-5,7-8,18H,3,6,9-15H2,(H,24,28). The Bertz CT molecular complexity index is 899. The number of carbonyl (C=O) groups excluding carboxylic acids is 2. The third kappa shape index (κ3) is 4.99. The molecule has 9 heteroatoms. The van der Waals surface area contributed by atoms with Crippen LogP contribution in [-0.2, 0) is 16.1 Å². The minimum atomic E-state index is -0.188. The number of rotatable bonds is 6. The predicted molar refractivity (Wildman–Crippen MR) is 120 cm³/mol. The molecule has 2 aliphatic rings. The number of carbonyl (C=O) groups is 2. The van der Waals surface area contributed by atoms with Crippen LogP contribution in [0.4, 0.5) is 5.82 Å². The predicted octanol–water partition coefficient (Wildman–Crippen LogP) is 2.56. The van der Waals surface area contributed by atoms with Gasteiger partial charge in [-0.05, 0) is 31.0 Å². The van der Waals surface area contributed by atoms with Gasteiger partial charge in [0.1, 0.15) is 5.82 Å². The highest BCUT2D eigenvalue weighted by Gasteiger charge is 2.35. The van der Waals surface area contributed by atoms with Crippen LogP contribution in [0.5, 0.6) is 0 Å². The zero-order valence-corrected chi connectivity index (χ0v) is 18.4. The molecule has 0 spiro atoms. The Morgan fingerprint density at radius 2 is 1.97 bits per heavy atom. The molecule has 1 aromatic heterocycles. The van der Waals surface area contributed by atoms with Gasteiger partial charge in [-0.1, -0.05) is 29.8 Å². The van der Waals surface area contributed by atoms with Crippen molar-refractivity contribution in [2.75, 3.05) is 43.0 Å². The Hall–Kier alpha value is -2.03. The van der Waals surface area contributed by atoms with Crippen LogP contribution in [0.2, 0.25) is 5.02 Å². The first kappa shape index (κ1) is 21.2. The molecule has 2 amide bonds. The van der Waals surface area contributed by atoms with Crippen molar-refractivity contribution in [3.8, 4) is 0 Å². The molecule has 2 saturated heterocycles. The molecule has 0 radical (unpaired) electrons. The van der Waals surface area contributed by atoms with Gasteiger partial charge in [0.15, 0.2) is 0 Å². The van der Waals surface area contributed by atoms with Gasteiger partial charge in [0.25, 0.3) is 0 Å². The number of aromatic nitrogens is 2. The number of anilines is 1. The third-order valence-electron chi connectivity index (χ3n) is 5.58. The Kier molecular flexibility index (Phi) is 6.97. The summed E-state index contributed by atoms with van der Waals surface area (Å²) < 4.78 is 1.72. The second kappa shape index (κ2) is 9.85. The minimum Gasteiger partial charge on any atom is -0.340 e. The van der Waals surface area contributed by atoms with Gasteiger partial charge in [0.2, 0.25) is 11.8 Å². The summed E-state index contributed by atoms with van der Waals surface area (Å²) in [6.07, 6.45) is 3.42. The second-order valence-corrected chi connectivity index (χ2v) is 9.21. The summed E-state index contributed by atoms with van der Waals surface area (Å²) in [5, 5.41) is 7.92. The first-order valence-corrected chi connectivity index (χ1v) is 11.8. The number of hydrogen-bond donors (Lipinski definition) is 1. The molecule has 0 saturated carbocycles. The van der Waals surface area contributed by atoms with Crippen LogP contribution in [0.1, 0.15) is 18.4 Å². The highest BCUT2D eigenvalue weighted by atomic mass is 35.5. The van der Waals surface area contributed by atoms with Gasteiger partial charge in [-0.2, -0.15) is 16.9 Å². The van der Waals surface area contributed by atoms with Gasteiger partial charge >= 0.3 is 0 Å². The van der Waals surface area contributed by atoms with E-state index in [2.05, 4.69) is 10.4 Å². The number of nitrogens with zero attached hydrogens (tertiary/aromatic N) is 4. The van der Waals surface area contributed by atoms with Crippen LogP contribution in [0.15, 0.2) is 36.5 Å². The van der Waals surface area contributed by atoms with E-state index in [0.29, 0.717) is 17.4 Å². The minimum absolute atomic E-state index is 0.134.